The first-order valence-electron chi connectivity index (χ1n) is 9.93. The molecule has 0 fully saturated rings. The molecule has 0 saturated carbocycles. The molecule has 0 aliphatic carbocycles. The molecule has 31 heavy (non-hydrogen) atoms. The number of carbonyl (C=O) groups is 3. The van der Waals surface area contributed by atoms with E-state index in [0.29, 0.717) is 0 Å². The summed E-state index contributed by atoms with van der Waals surface area (Å²) in [5.74, 6) is -1.72. The van der Waals surface area contributed by atoms with Crippen LogP contribution in [0.25, 0.3) is 0 Å². The summed E-state index contributed by atoms with van der Waals surface area (Å²) < 4.78 is 5.23. The maximum Gasteiger partial charge on any atom is 0.337 e. The minimum absolute atomic E-state index is 0.0994. The van der Waals surface area contributed by atoms with Crippen LogP contribution in [0.3, 0.4) is 0 Å². The zero-order chi connectivity index (χ0) is 23.1. The van der Waals surface area contributed by atoms with E-state index in [1.54, 1.807) is 0 Å². The number of carboxylic acid groups (broad SMARTS) is 1. The Morgan fingerprint density at radius 3 is 2.00 bits per heavy atom. The van der Waals surface area contributed by atoms with Crippen LogP contribution in [0, 0.1) is 0 Å². The molecular weight excluding hydrogens is 420 g/mol. The molecule has 0 radical (unpaired) electrons. The number of hydrogen-bond donors (Lipinski definition) is 3. The third kappa shape index (κ3) is 6.80. The predicted molar refractivity (Wildman–Crippen MR) is 121 cm³/mol. The summed E-state index contributed by atoms with van der Waals surface area (Å²) in [6.07, 6.45) is 0. The lowest BCUT2D eigenvalue weighted by molar-refractivity contribution is -0.125. The van der Waals surface area contributed by atoms with Crippen molar-refractivity contribution in [1.29, 1.82) is 0 Å². The average molecular weight is 447 g/mol. The molecule has 0 aliphatic rings. The first kappa shape index (κ1) is 24.4. The largest absolute Gasteiger partial charge is 0.478 e. The number of halogens is 1. The summed E-state index contributed by atoms with van der Waals surface area (Å²) in [5, 5.41) is 14.8. The average Bonchev–Trinajstić information content (AvgIpc) is 2.68. The molecule has 0 saturated heterocycles. The number of anilines is 2. The van der Waals surface area contributed by atoms with Crippen molar-refractivity contribution in [2.45, 2.75) is 39.5 Å². The molecule has 0 aromatic heterocycles. The van der Waals surface area contributed by atoms with Crippen LogP contribution in [-0.2, 0) is 14.3 Å². The van der Waals surface area contributed by atoms with Crippen molar-refractivity contribution in [3.63, 3.8) is 0 Å². The first-order valence-corrected chi connectivity index (χ1v) is 10.3. The molecule has 2 aromatic carbocycles. The number of hydrogen-bond acceptors (Lipinski definition) is 4. The molecule has 0 heterocycles. The third-order valence-corrected chi connectivity index (χ3v) is 4.82. The molecule has 0 atom stereocenters. The Balaban J connectivity index is 1.96. The maximum absolute atomic E-state index is 12.4. The van der Waals surface area contributed by atoms with Gasteiger partial charge in [0.15, 0.2) is 0 Å². The van der Waals surface area contributed by atoms with Crippen molar-refractivity contribution < 1.29 is 24.2 Å². The number of ether oxygens (including phenoxy) is 1. The van der Waals surface area contributed by atoms with E-state index in [1.165, 1.54) is 18.2 Å². The number of carboxylic acids is 1. The van der Waals surface area contributed by atoms with Crippen LogP contribution in [0.4, 0.5) is 11.4 Å². The van der Waals surface area contributed by atoms with Crippen LogP contribution in [0.2, 0.25) is 5.02 Å². The molecule has 3 N–H and O–H groups in total. The molecule has 8 heteroatoms. The van der Waals surface area contributed by atoms with Gasteiger partial charge in [0.25, 0.3) is 0 Å². The number of amides is 2. The molecule has 7 nitrogen and oxygen atoms in total. The molecule has 2 amide bonds. The van der Waals surface area contributed by atoms with Crippen molar-refractivity contribution in [2.24, 2.45) is 0 Å². The lowest BCUT2D eigenvalue weighted by Crippen LogP contribution is -2.25. The summed E-state index contributed by atoms with van der Waals surface area (Å²) >= 11 is 5.80. The van der Waals surface area contributed by atoms with Gasteiger partial charge in [0.1, 0.15) is 13.2 Å². The molecule has 0 spiro atoms. The van der Waals surface area contributed by atoms with Gasteiger partial charge in [0.05, 0.1) is 11.3 Å². The zero-order valence-electron chi connectivity index (χ0n) is 18.0. The number of para-hydroxylation sites is 1. The quantitative estimate of drug-likeness (QED) is 0.509. The van der Waals surface area contributed by atoms with Gasteiger partial charge in [0.2, 0.25) is 11.8 Å². The Labute approximate surface area is 186 Å². The minimum atomic E-state index is -1.22. The summed E-state index contributed by atoms with van der Waals surface area (Å²) in [7, 11) is 0. The topological polar surface area (TPSA) is 105 Å². The van der Waals surface area contributed by atoms with E-state index in [1.807, 2.05) is 18.2 Å². The fourth-order valence-electron chi connectivity index (χ4n) is 3.10. The van der Waals surface area contributed by atoms with E-state index < -0.39 is 18.5 Å². The van der Waals surface area contributed by atoms with E-state index in [0.717, 1.165) is 16.8 Å². The highest BCUT2D eigenvalue weighted by Crippen LogP contribution is 2.32. The molecular formula is C23H27ClN2O5. The van der Waals surface area contributed by atoms with Gasteiger partial charge in [-0.3, -0.25) is 9.59 Å². The van der Waals surface area contributed by atoms with Gasteiger partial charge in [-0.1, -0.05) is 57.5 Å². The van der Waals surface area contributed by atoms with Crippen LogP contribution in [0.5, 0.6) is 0 Å². The highest BCUT2D eigenvalue weighted by Gasteiger charge is 2.17. The molecule has 166 valence electrons. The Bertz CT molecular complexity index is 946. The second-order valence-electron chi connectivity index (χ2n) is 7.71. The first-order chi connectivity index (χ1) is 14.6. The van der Waals surface area contributed by atoms with E-state index >= 15 is 0 Å². The highest BCUT2D eigenvalue weighted by molar-refractivity contribution is 6.31. The van der Waals surface area contributed by atoms with Crippen LogP contribution in [0.1, 0.15) is 61.0 Å². The second-order valence-corrected chi connectivity index (χ2v) is 8.14. The van der Waals surface area contributed by atoms with Crippen molar-refractivity contribution in [3.05, 3.63) is 58.1 Å². The lowest BCUT2D eigenvalue weighted by atomic mass is 9.92. The van der Waals surface area contributed by atoms with Gasteiger partial charge < -0.3 is 20.5 Å². The van der Waals surface area contributed by atoms with Crippen LogP contribution in [-0.4, -0.2) is 36.1 Å². The van der Waals surface area contributed by atoms with E-state index in [4.69, 9.17) is 16.3 Å². The van der Waals surface area contributed by atoms with Crippen LogP contribution >= 0.6 is 11.6 Å². The Morgan fingerprint density at radius 1 is 0.935 bits per heavy atom. The smallest absolute Gasteiger partial charge is 0.337 e. The number of rotatable bonds is 9. The van der Waals surface area contributed by atoms with Crippen molar-refractivity contribution in [3.8, 4) is 0 Å². The lowest BCUT2D eigenvalue weighted by Gasteiger charge is -2.20. The summed E-state index contributed by atoms with van der Waals surface area (Å²) in [5.41, 5.74) is 2.80. The van der Waals surface area contributed by atoms with Crippen molar-refractivity contribution >= 4 is 40.8 Å². The molecule has 0 aliphatic heterocycles. The number of carbonyl (C=O) groups excluding carboxylic acids is 2. The standard InChI is InChI=1S/C23H27ClN2O5/c1-13(2)16-6-5-7-17(14(3)4)22(16)26-21(28)12-31-11-20(27)25-19-9-8-15(24)10-18(19)23(29)30/h5-10,13-14H,11-12H2,1-4H3,(H,25,27)(H,26,28)(H,29,30). The van der Waals surface area contributed by atoms with Gasteiger partial charge in [-0.25, -0.2) is 4.79 Å². The minimum Gasteiger partial charge on any atom is -0.478 e. The van der Waals surface area contributed by atoms with E-state index in [-0.39, 0.29) is 40.6 Å². The summed E-state index contributed by atoms with van der Waals surface area (Å²) in [6.45, 7) is 7.49. The van der Waals surface area contributed by atoms with Gasteiger partial charge >= 0.3 is 5.97 Å². The van der Waals surface area contributed by atoms with Crippen molar-refractivity contribution in [1.82, 2.24) is 0 Å². The van der Waals surface area contributed by atoms with Gasteiger partial charge in [-0.2, -0.15) is 0 Å². The van der Waals surface area contributed by atoms with Crippen molar-refractivity contribution in [2.75, 3.05) is 23.8 Å². The Hall–Kier alpha value is -2.90. The highest BCUT2D eigenvalue weighted by atomic mass is 35.5. The molecule has 2 rings (SSSR count). The van der Waals surface area contributed by atoms with Crippen LogP contribution in [0.15, 0.2) is 36.4 Å². The third-order valence-electron chi connectivity index (χ3n) is 4.59. The second kappa shape index (κ2) is 10.9. The van der Waals surface area contributed by atoms with Gasteiger partial charge in [-0.15, -0.1) is 0 Å². The SMILES string of the molecule is CC(C)c1cccc(C(C)C)c1NC(=O)COCC(=O)Nc1ccc(Cl)cc1C(=O)O. The number of benzene rings is 2. The molecule has 0 unspecified atom stereocenters. The summed E-state index contributed by atoms with van der Waals surface area (Å²) in [6, 6.07) is 10.0. The monoisotopic (exact) mass is 446 g/mol. The van der Waals surface area contributed by atoms with Crippen LogP contribution < -0.4 is 10.6 Å². The summed E-state index contributed by atoms with van der Waals surface area (Å²) in [4.78, 5) is 35.8. The fraction of sp³-hybridized carbons (Fsp3) is 0.348. The van der Waals surface area contributed by atoms with Gasteiger partial charge in [-0.05, 0) is 41.2 Å². The van der Waals surface area contributed by atoms with E-state index in [9.17, 15) is 19.5 Å². The number of aromatic carboxylic acids is 1. The fourth-order valence-corrected chi connectivity index (χ4v) is 3.27. The Kier molecular flexibility index (Phi) is 8.59. The Morgan fingerprint density at radius 2 is 1.48 bits per heavy atom. The van der Waals surface area contributed by atoms with E-state index in [2.05, 4.69) is 38.3 Å². The maximum atomic E-state index is 12.4. The predicted octanol–water partition coefficient (Wildman–Crippen LogP) is 4.88. The molecule has 2 aromatic rings. The molecule has 0 bridgehead atoms. The zero-order valence-corrected chi connectivity index (χ0v) is 18.7. The number of nitrogens with one attached hydrogen (secondary N) is 2. The van der Waals surface area contributed by atoms with Gasteiger partial charge in [0, 0.05) is 10.7 Å². The normalized spacial score (nSPS) is 10.9.